The predicted octanol–water partition coefficient (Wildman–Crippen LogP) is -2.50. The van der Waals surface area contributed by atoms with Gasteiger partial charge in [0.2, 0.25) is 17.8 Å². The quantitative estimate of drug-likeness (QED) is 0.266. The van der Waals surface area contributed by atoms with Crippen LogP contribution in [0.4, 0.5) is 17.8 Å². The van der Waals surface area contributed by atoms with Crippen LogP contribution in [0.15, 0.2) is 0 Å². The molecule has 0 amide bonds. The number of nitrogens with zero attached hydrogens (tertiary/aromatic N) is 3. The first-order chi connectivity index (χ1) is 7.18. The molecule has 1 heterocycles. The van der Waals surface area contributed by atoms with Gasteiger partial charge in [0.1, 0.15) is 6.79 Å². The summed E-state index contributed by atoms with van der Waals surface area (Å²) in [7, 11) is -4.64. The molecule has 0 aliphatic carbocycles. The molecular weight excluding hydrogens is 243 g/mol. The lowest BCUT2D eigenvalue weighted by Gasteiger charge is -1.93. The van der Waals surface area contributed by atoms with E-state index in [4.69, 9.17) is 41.2 Å². The SMILES string of the molecule is C=O.Nc1nc(N)nc(N)n1.O=P(O)(O)O. The minimum absolute atomic E-state index is 0.0417. The van der Waals surface area contributed by atoms with Crippen LogP contribution in [0.1, 0.15) is 0 Å². The van der Waals surface area contributed by atoms with Crippen LogP contribution in [-0.2, 0) is 9.36 Å². The Balaban J connectivity index is 0. The highest BCUT2D eigenvalue weighted by molar-refractivity contribution is 7.45. The molecular formula is C4H11N6O5P. The normalized spacial score (nSPS) is 9.19. The van der Waals surface area contributed by atoms with Crippen LogP contribution in [0.25, 0.3) is 0 Å². The molecule has 0 aliphatic heterocycles. The van der Waals surface area contributed by atoms with Gasteiger partial charge in [0.15, 0.2) is 0 Å². The lowest BCUT2D eigenvalue weighted by atomic mass is 10.9. The van der Waals surface area contributed by atoms with E-state index in [1.807, 2.05) is 6.79 Å². The summed E-state index contributed by atoms with van der Waals surface area (Å²) in [5.74, 6) is 0.125. The van der Waals surface area contributed by atoms with Gasteiger partial charge in [-0.1, -0.05) is 0 Å². The van der Waals surface area contributed by atoms with E-state index in [9.17, 15) is 0 Å². The van der Waals surface area contributed by atoms with Gasteiger partial charge in [0.05, 0.1) is 0 Å². The van der Waals surface area contributed by atoms with Crippen molar-refractivity contribution in [2.45, 2.75) is 0 Å². The Labute approximate surface area is 89.6 Å². The van der Waals surface area contributed by atoms with Gasteiger partial charge in [-0.3, -0.25) is 0 Å². The first-order valence-corrected chi connectivity index (χ1v) is 4.84. The van der Waals surface area contributed by atoms with E-state index in [1.165, 1.54) is 0 Å². The number of carbonyl (C=O) groups excluding carboxylic acids is 1. The fraction of sp³-hybridized carbons (Fsp3) is 0. The van der Waals surface area contributed by atoms with Crippen molar-refractivity contribution in [1.82, 2.24) is 15.0 Å². The molecule has 0 atom stereocenters. The summed E-state index contributed by atoms with van der Waals surface area (Å²) >= 11 is 0. The molecule has 0 saturated carbocycles. The predicted molar refractivity (Wildman–Crippen MR) is 54.4 cm³/mol. The number of carbonyl (C=O) groups is 1. The molecule has 16 heavy (non-hydrogen) atoms. The summed E-state index contributed by atoms with van der Waals surface area (Å²) in [4.78, 5) is 40.0. The smallest absolute Gasteiger partial charge is 0.368 e. The second kappa shape index (κ2) is 7.48. The fourth-order valence-electron chi connectivity index (χ4n) is 0.427. The van der Waals surface area contributed by atoms with E-state index < -0.39 is 7.82 Å². The van der Waals surface area contributed by atoms with Crippen LogP contribution >= 0.6 is 7.82 Å². The Morgan fingerprint density at radius 3 is 1.12 bits per heavy atom. The van der Waals surface area contributed by atoms with Crippen molar-refractivity contribution in [3.63, 3.8) is 0 Å². The molecule has 92 valence electrons. The van der Waals surface area contributed by atoms with Gasteiger partial charge in [-0.15, -0.1) is 0 Å². The monoisotopic (exact) mass is 254 g/mol. The molecule has 1 aromatic rings. The maximum absolute atomic E-state index is 8.88. The van der Waals surface area contributed by atoms with E-state index in [0.717, 1.165) is 0 Å². The average Bonchev–Trinajstić information content (AvgIpc) is 2.01. The first kappa shape index (κ1) is 16.6. The van der Waals surface area contributed by atoms with Gasteiger partial charge in [-0.2, -0.15) is 15.0 Å². The van der Waals surface area contributed by atoms with Crippen molar-refractivity contribution in [2.24, 2.45) is 0 Å². The molecule has 12 heteroatoms. The number of rotatable bonds is 0. The van der Waals surface area contributed by atoms with Crippen molar-refractivity contribution < 1.29 is 24.0 Å². The van der Waals surface area contributed by atoms with Crippen molar-refractivity contribution in [2.75, 3.05) is 17.2 Å². The zero-order valence-electron chi connectivity index (χ0n) is 7.89. The third-order valence-electron chi connectivity index (χ3n) is 0.687. The summed E-state index contributed by atoms with van der Waals surface area (Å²) in [6, 6.07) is 0. The van der Waals surface area contributed by atoms with Crippen molar-refractivity contribution in [1.29, 1.82) is 0 Å². The van der Waals surface area contributed by atoms with Crippen molar-refractivity contribution >= 4 is 32.5 Å². The van der Waals surface area contributed by atoms with E-state index in [2.05, 4.69) is 15.0 Å². The standard InChI is InChI=1S/C3H6N6.CH2O.H3O4P/c4-1-7-2(5)9-3(6)8-1;1-2;1-5(2,3)4/h(H6,4,5,6,7,8,9);1H2;(H3,1,2,3,4). The molecule has 11 nitrogen and oxygen atoms in total. The van der Waals surface area contributed by atoms with Crippen LogP contribution in [0.2, 0.25) is 0 Å². The molecule has 1 rings (SSSR count). The molecule has 0 bridgehead atoms. The molecule has 0 radical (unpaired) electrons. The highest BCUT2D eigenvalue weighted by atomic mass is 31.2. The van der Waals surface area contributed by atoms with Crippen molar-refractivity contribution in [3.05, 3.63) is 0 Å². The third kappa shape index (κ3) is 14.7. The Morgan fingerprint density at radius 2 is 1.00 bits per heavy atom. The van der Waals surface area contributed by atoms with Crippen LogP contribution in [0.3, 0.4) is 0 Å². The molecule has 0 spiro atoms. The van der Waals surface area contributed by atoms with Gasteiger partial charge >= 0.3 is 7.82 Å². The molecule has 0 aliphatic rings. The number of nitrogen functional groups attached to an aromatic ring is 3. The Bertz CT molecular complexity index is 309. The first-order valence-electron chi connectivity index (χ1n) is 3.28. The van der Waals surface area contributed by atoms with E-state index in [-0.39, 0.29) is 17.8 Å². The largest absolute Gasteiger partial charge is 0.466 e. The van der Waals surface area contributed by atoms with Crippen LogP contribution in [-0.4, -0.2) is 36.4 Å². The van der Waals surface area contributed by atoms with Crippen LogP contribution in [0.5, 0.6) is 0 Å². The van der Waals surface area contributed by atoms with Gasteiger partial charge in [-0.25, -0.2) is 4.57 Å². The lowest BCUT2D eigenvalue weighted by Crippen LogP contribution is -2.05. The van der Waals surface area contributed by atoms with Crippen LogP contribution in [0, 0.1) is 0 Å². The van der Waals surface area contributed by atoms with E-state index in [0.29, 0.717) is 0 Å². The minimum atomic E-state index is -4.64. The molecule has 0 fully saturated rings. The number of phosphoric acid groups is 1. The number of aromatic nitrogens is 3. The Morgan fingerprint density at radius 1 is 0.875 bits per heavy atom. The van der Waals surface area contributed by atoms with E-state index >= 15 is 0 Å². The third-order valence-corrected chi connectivity index (χ3v) is 0.687. The highest BCUT2D eigenvalue weighted by Gasteiger charge is 2.00. The zero-order valence-corrected chi connectivity index (χ0v) is 8.78. The maximum atomic E-state index is 8.88. The number of hydrogen-bond donors (Lipinski definition) is 6. The second-order valence-electron chi connectivity index (χ2n) is 1.92. The molecule has 1 aromatic heterocycles. The highest BCUT2D eigenvalue weighted by Crippen LogP contribution is 2.25. The fourth-order valence-corrected chi connectivity index (χ4v) is 0.427. The van der Waals surface area contributed by atoms with Gasteiger partial charge < -0.3 is 36.7 Å². The number of hydrogen-bond acceptors (Lipinski definition) is 8. The second-order valence-corrected chi connectivity index (χ2v) is 2.95. The zero-order chi connectivity index (χ0) is 13.4. The molecule has 9 N–H and O–H groups in total. The summed E-state index contributed by atoms with van der Waals surface area (Å²) in [5.41, 5.74) is 15.4. The van der Waals surface area contributed by atoms with Gasteiger partial charge in [0, 0.05) is 0 Å². The minimum Gasteiger partial charge on any atom is -0.368 e. The average molecular weight is 254 g/mol. The summed E-state index contributed by atoms with van der Waals surface area (Å²) in [6.07, 6.45) is 0. The number of anilines is 3. The van der Waals surface area contributed by atoms with E-state index in [1.54, 1.807) is 0 Å². The molecule has 0 unspecified atom stereocenters. The topological polar surface area (TPSA) is 212 Å². The van der Waals surface area contributed by atoms with Gasteiger partial charge in [0.25, 0.3) is 0 Å². The lowest BCUT2D eigenvalue weighted by molar-refractivity contribution is -0.0980. The van der Waals surface area contributed by atoms with Gasteiger partial charge in [-0.05, 0) is 0 Å². The summed E-state index contributed by atoms with van der Waals surface area (Å²) in [5, 5.41) is 0. The Kier molecular flexibility index (Phi) is 7.76. The van der Waals surface area contributed by atoms with Crippen molar-refractivity contribution in [3.8, 4) is 0 Å². The Hall–Kier alpha value is -1.81. The summed E-state index contributed by atoms with van der Waals surface area (Å²) < 4.78 is 8.88. The maximum Gasteiger partial charge on any atom is 0.466 e. The number of nitrogens with two attached hydrogens (primary N) is 3. The molecule has 0 aromatic carbocycles. The van der Waals surface area contributed by atoms with Crippen LogP contribution < -0.4 is 17.2 Å². The summed E-state index contributed by atoms with van der Waals surface area (Å²) in [6.45, 7) is 2.00. The molecule has 0 saturated heterocycles.